The number of nitrogens with two attached hydrogens (primary N) is 1. The molecule has 1 aromatic rings. The van der Waals surface area contributed by atoms with Crippen molar-refractivity contribution in [3.63, 3.8) is 0 Å². The third-order valence-corrected chi connectivity index (χ3v) is 4.05. The van der Waals surface area contributed by atoms with E-state index in [0.29, 0.717) is 17.2 Å². The fourth-order valence-electron chi connectivity index (χ4n) is 2.97. The molecule has 1 aliphatic rings. The Hall–Kier alpha value is -1.51. The zero-order chi connectivity index (χ0) is 13.8. The summed E-state index contributed by atoms with van der Waals surface area (Å²) in [5.41, 5.74) is 8.13. The molecule has 2 atom stereocenters. The Labute approximate surface area is 115 Å². The van der Waals surface area contributed by atoms with Crippen molar-refractivity contribution in [2.24, 2.45) is 11.8 Å². The number of rotatable bonds is 3. The fraction of sp³-hybridized carbons (Fsp3) is 0.562. The van der Waals surface area contributed by atoms with Crippen molar-refractivity contribution in [3.05, 3.63) is 29.3 Å². The molecule has 0 aromatic heterocycles. The number of hydrogen-bond acceptors (Lipinski definition) is 2. The maximum atomic E-state index is 12.1. The van der Waals surface area contributed by atoms with Gasteiger partial charge < -0.3 is 11.1 Å². The quantitative estimate of drug-likeness (QED) is 0.820. The lowest BCUT2D eigenvalue weighted by Crippen LogP contribution is -2.31. The Morgan fingerprint density at radius 2 is 2.21 bits per heavy atom. The van der Waals surface area contributed by atoms with Gasteiger partial charge in [-0.25, -0.2) is 0 Å². The number of nitrogens with one attached hydrogen (secondary N) is 1. The van der Waals surface area contributed by atoms with Crippen LogP contribution in [0.15, 0.2) is 18.2 Å². The third kappa shape index (κ3) is 3.72. The molecule has 19 heavy (non-hydrogen) atoms. The molecule has 1 amide bonds. The summed E-state index contributed by atoms with van der Waals surface area (Å²) in [4.78, 5) is 12.1. The molecule has 1 saturated carbocycles. The number of benzene rings is 1. The fourth-order valence-corrected chi connectivity index (χ4v) is 2.97. The van der Waals surface area contributed by atoms with Gasteiger partial charge in [0.1, 0.15) is 0 Å². The minimum atomic E-state index is -0.0456. The number of anilines is 1. The number of amides is 1. The van der Waals surface area contributed by atoms with Gasteiger partial charge in [-0.05, 0) is 49.3 Å². The molecule has 0 bridgehead atoms. The smallest absolute Gasteiger partial charge is 0.253 e. The summed E-state index contributed by atoms with van der Waals surface area (Å²) in [6.07, 6.45) is 5.07. The maximum Gasteiger partial charge on any atom is 0.253 e. The first-order valence-corrected chi connectivity index (χ1v) is 7.20. The second-order valence-corrected chi connectivity index (χ2v) is 5.94. The summed E-state index contributed by atoms with van der Waals surface area (Å²) in [7, 11) is 0. The summed E-state index contributed by atoms with van der Waals surface area (Å²) in [5, 5.41) is 3.03. The first-order chi connectivity index (χ1) is 9.06. The van der Waals surface area contributed by atoms with Crippen molar-refractivity contribution in [3.8, 4) is 0 Å². The van der Waals surface area contributed by atoms with E-state index < -0.39 is 0 Å². The second-order valence-electron chi connectivity index (χ2n) is 5.94. The van der Waals surface area contributed by atoms with Crippen molar-refractivity contribution in [2.45, 2.75) is 39.5 Å². The average Bonchev–Trinajstić information content (AvgIpc) is 2.36. The number of aryl methyl sites for hydroxylation is 1. The number of hydrogen-bond donors (Lipinski definition) is 2. The Kier molecular flexibility index (Phi) is 4.46. The molecule has 104 valence electrons. The van der Waals surface area contributed by atoms with Gasteiger partial charge in [0.05, 0.1) is 5.56 Å². The highest BCUT2D eigenvalue weighted by molar-refractivity contribution is 5.99. The molecule has 0 aliphatic heterocycles. The Balaban J connectivity index is 1.90. The minimum Gasteiger partial charge on any atom is -0.398 e. The summed E-state index contributed by atoms with van der Waals surface area (Å²) in [5.74, 6) is 1.37. The zero-order valence-corrected chi connectivity index (χ0v) is 11.9. The van der Waals surface area contributed by atoms with Gasteiger partial charge in [0.25, 0.3) is 5.91 Å². The molecular weight excluding hydrogens is 236 g/mol. The largest absolute Gasteiger partial charge is 0.398 e. The van der Waals surface area contributed by atoms with Gasteiger partial charge >= 0.3 is 0 Å². The summed E-state index contributed by atoms with van der Waals surface area (Å²) in [6, 6.07) is 5.58. The molecule has 2 unspecified atom stereocenters. The van der Waals surface area contributed by atoms with Crippen LogP contribution in [0.4, 0.5) is 5.69 Å². The predicted octanol–water partition coefficient (Wildman–Crippen LogP) is 3.13. The van der Waals surface area contributed by atoms with Crippen LogP contribution in [0.5, 0.6) is 0 Å². The van der Waals surface area contributed by atoms with E-state index in [-0.39, 0.29) is 5.91 Å². The molecule has 1 fully saturated rings. The van der Waals surface area contributed by atoms with Crippen LogP contribution in [0.3, 0.4) is 0 Å². The van der Waals surface area contributed by atoms with Gasteiger partial charge in [-0.15, -0.1) is 0 Å². The standard InChI is InChI=1S/C16H24N2O/c1-11-4-3-5-13(8-11)10-18-16(19)14-7-6-12(2)9-15(14)17/h6-7,9,11,13H,3-5,8,10,17H2,1-2H3,(H,18,19). The van der Waals surface area contributed by atoms with Gasteiger partial charge in [0.2, 0.25) is 0 Å². The molecule has 0 saturated heterocycles. The lowest BCUT2D eigenvalue weighted by molar-refractivity contribution is 0.0941. The van der Waals surface area contributed by atoms with Crippen LogP contribution in [0.25, 0.3) is 0 Å². The number of nitrogen functional groups attached to an aromatic ring is 1. The van der Waals surface area contributed by atoms with E-state index in [1.807, 2.05) is 25.1 Å². The SMILES string of the molecule is Cc1ccc(C(=O)NCC2CCCC(C)C2)c(N)c1. The molecule has 1 aliphatic carbocycles. The highest BCUT2D eigenvalue weighted by Crippen LogP contribution is 2.28. The van der Waals surface area contributed by atoms with Crippen LogP contribution in [0.2, 0.25) is 0 Å². The monoisotopic (exact) mass is 260 g/mol. The van der Waals surface area contributed by atoms with Gasteiger partial charge in [-0.3, -0.25) is 4.79 Å². The lowest BCUT2D eigenvalue weighted by Gasteiger charge is -2.26. The molecule has 3 N–H and O–H groups in total. The molecule has 2 rings (SSSR count). The third-order valence-electron chi connectivity index (χ3n) is 4.05. The lowest BCUT2D eigenvalue weighted by atomic mass is 9.82. The molecule has 3 nitrogen and oxygen atoms in total. The maximum absolute atomic E-state index is 12.1. The molecule has 0 spiro atoms. The average molecular weight is 260 g/mol. The van der Waals surface area contributed by atoms with Crippen LogP contribution in [0, 0.1) is 18.8 Å². The Morgan fingerprint density at radius 1 is 1.42 bits per heavy atom. The molecule has 0 heterocycles. The zero-order valence-electron chi connectivity index (χ0n) is 11.9. The van der Waals surface area contributed by atoms with Crippen LogP contribution >= 0.6 is 0 Å². The minimum absolute atomic E-state index is 0.0456. The van der Waals surface area contributed by atoms with Crippen molar-refractivity contribution >= 4 is 11.6 Å². The van der Waals surface area contributed by atoms with Crippen LogP contribution in [-0.2, 0) is 0 Å². The number of carbonyl (C=O) groups excluding carboxylic acids is 1. The van der Waals surface area contributed by atoms with Gasteiger partial charge in [0, 0.05) is 12.2 Å². The first-order valence-electron chi connectivity index (χ1n) is 7.20. The first kappa shape index (κ1) is 13.9. The van der Waals surface area contributed by atoms with Crippen molar-refractivity contribution < 1.29 is 4.79 Å². The van der Waals surface area contributed by atoms with Gasteiger partial charge in [0.15, 0.2) is 0 Å². The summed E-state index contributed by atoms with van der Waals surface area (Å²) >= 11 is 0. The molecular formula is C16H24N2O. The van der Waals surface area contributed by atoms with Crippen LogP contribution < -0.4 is 11.1 Å². The highest BCUT2D eigenvalue weighted by atomic mass is 16.1. The van der Waals surface area contributed by atoms with E-state index >= 15 is 0 Å². The van der Waals surface area contributed by atoms with Crippen LogP contribution in [0.1, 0.15) is 48.5 Å². The van der Waals surface area contributed by atoms with E-state index in [9.17, 15) is 4.79 Å². The normalized spacial score (nSPS) is 23.1. The van der Waals surface area contributed by atoms with Crippen LogP contribution in [-0.4, -0.2) is 12.5 Å². The van der Waals surface area contributed by atoms with E-state index in [0.717, 1.165) is 18.0 Å². The topological polar surface area (TPSA) is 55.1 Å². The van der Waals surface area contributed by atoms with E-state index in [1.54, 1.807) is 0 Å². The van der Waals surface area contributed by atoms with Crippen molar-refractivity contribution in [1.82, 2.24) is 5.32 Å². The molecule has 1 aromatic carbocycles. The predicted molar refractivity (Wildman–Crippen MR) is 79.0 cm³/mol. The summed E-state index contributed by atoms with van der Waals surface area (Å²) in [6.45, 7) is 5.05. The van der Waals surface area contributed by atoms with Gasteiger partial charge in [-0.2, -0.15) is 0 Å². The summed E-state index contributed by atoms with van der Waals surface area (Å²) < 4.78 is 0. The van der Waals surface area contributed by atoms with Crippen molar-refractivity contribution in [2.75, 3.05) is 12.3 Å². The van der Waals surface area contributed by atoms with Crippen molar-refractivity contribution in [1.29, 1.82) is 0 Å². The Morgan fingerprint density at radius 3 is 2.89 bits per heavy atom. The Bertz CT molecular complexity index is 456. The van der Waals surface area contributed by atoms with E-state index in [4.69, 9.17) is 5.73 Å². The highest BCUT2D eigenvalue weighted by Gasteiger charge is 2.19. The number of carbonyl (C=O) groups is 1. The van der Waals surface area contributed by atoms with Gasteiger partial charge in [-0.1, -0.05) is 25.8 Å². The molecule has 0 radical (unpaired) electrons. The second kappa shape index (κ2) is 6.09. The molecule has 3 heteroatoms. The van der Waals surface area contributed by atoms with E-state index in [2.05, 4.69) is 12.2 Å². The van der Waals surface area contributed by atoms with E-state index in [1.165, 1.54) is 25.7 Å².